The van der Waals surface area contributed by atoms with Gasteiger partial charge in [-0.15, -0.1) is 0 Å². The van der Waals surface area contributed by atoms with Crippen LogP contribution in [0.2, 0.25) is 0 Å². The van der Waals surface area contributed by atoms with Crippen LogP contribution in [-0.2, 0) is 20.7 Å². The van der Waals surface area contributed by atoms with E-state index in [-0.39, 0.29) is 55.2 Å². The van der Waals surface area contributed by atoms with Crippen molar-refractivity contribution in [3.05, 3.63) is 74.7 Å². The Morgan fingerprint density at radius 1 is 1.07 bits per heavy atom. The largest absolute Gasteiger partial charge is 0.492 e. The predicted molar refractivity (Wildman–Crippen MR) is 225 cm³/mol. The second-order valence-corrected chi connectivity index (χ2v) is 18.1. The number of ketones is 1. The van der Waals surface area contributed by atoms with Crippen LogP contribution in [0, 0.1) is 29.1 Å². The van der Waals surface area contributed by atoms with Gasteiger partial charge in [-0.3, -0.25) is 9.59 Å². The highest BCUT2D eigenvalue weighted by Gasteiger charge is 2.84. The van der Waals surface area contributed by atoms with Gasteiger partial charge in [0.2, 0.25) is 5.91 Å². The first-order chi connectivity index (χ1) is 28.0. The van der Waals surface area contributed by atoms with Crippen molar-refractivity contribution in [2.45, 2.75) is 123 Å². The number of benzene rings is 1. The van der Waals surface area contributed by atoms with Crippen molar-refractivity contribution in [2.75, 3.05) is 26.4 Å². The minimum absolute atomic E-state index is 0.0288. The molecule has 4 bridgehead atoms. The van der Waals surface area contributed by atoms with Crippen molar-refractivity contribution in [3.8, 4) is 23.3 Å². The zero-order valence-electron chi connectivity index (χ0n) is 35.8. The van der Waals surface area contributed by atoms with E-state index in [4.69, 9.17) is 24.7 Å². The molecule has 8 rings (SSSR count). The van der Waals surface area contributed by atoms with Crippen molar-refractivity contribution in [2.24, 2.45) is 23.5 Å². The molecular weight excluding hydrogens is 749 g/mol. The van der Waals surface area contributed by atoms with Crippen LogP contribution in [0.3, 0.4) is 0 Å². The summed E-state index contributed by atoms with van der Waals surface area (Å²) in [6, 6.07) is 2.35. The summed E-state index contributed by atoms with van der Waals surface area (Å²) in [5, 5.41) is 35.9. The predicted octanol–water partition coefficient (Wildman–Crippen LogP) is 6.22. The number of allylic oxidation sites excluding steroid dienone is 5. The van der Waals surface area contributed by atoms with Gasteiger partial charge in [0, 0.05) is 54.0 Å². The summed E-state index contributed by atoms with van der Waals surface area (Å²) in [7, 11) is 0. The van der Waals surface area contributed by atoms with Gasteiger partial charge < -0.3 is 45.5 Å². The van der Waals surface area contributed by atoms with E-state index in [2.05, 4.69) is 61.8 Å². The van der Waals surface area contributed by atoms with E-state index in [9.17, 15) is 20.3 Å². The number of aliphatic hydroxyl groups excluding tert-OH is 2. The molecule has 3 aliphatic carbocycles. The number of hydrogen-bond acceptors (Lipinski definition) is 11. The molecule has 12 heteroatoms. The molecule has 3 saturated carbocycles. The number of rotatable bonds is 15. The summed E-state index contributed by atoms with van der Waals surface area (Å²) in [5.74, 6) is -0.401. The topological polar surface area (TPSA) is 185 Å². The smallest absolute Gasteiger partial charge is 0.246 e. The quantitative estimate of drug-likeness (QED) is 0.0770. The Labute approximate surface area is 347 Å². The van der Waals surface area contributed by atoms with Crippen LogP contribution in [0.15, 0.2) is 58.0 Å². The first kappa shape index (κ1) is 42.3. The maximum atomic E-state index is 15.4. The van der Waals surface area contributed by atoms with Gasteiger partial charge in [0.15, 0.2) is 17.0 Å². The monoisotopic (exact) mass is 808 g/mol. The number of nitrogens with zero attached hydrogens (tertiary/aromatic N) is 1. The van der Waals surface area contributed by atoms with Gasteiger partial charge in [-0.05, 0) is 106 Å². The van der Waals surface area contributed by atoms with Crippen molar-refractivity contribution < 1.29 is 38.7 Å². The number of carbonyl (C=O) groups excluding carboxylic acids is 2. The molecule has 0 aromatic heterocycles. The summed E-state index contributed by atoms with van der Waals surface area (Å²) >= 11 is 0. The molecular formula is C47H60N4O8. The summed E-state index contributed by atoms with van der Waals surface area (Å²) < 4.78 is 28.8. The molecule has 4 fully saturated rings. The zero-order chi connectivity index (χ0) is 42.7. The number of nitriles is 1. The molecule has 4 heterocycles. The summed E-state index contributed by atoms with van der Waals surface area (Å²) in [4.78, 5) is 28.5. The van der Waals surface area contributed by atoms with Gasteiger partial charge in [0.1, 0.15) is 28.7 Å². The van der Waals surface area contributed by atoms with Crippen LogP contribution in [0.5, 0.6) is 17.2 Å². The Balaban J connectivity index is 1.54. The molecule has 12 nitrogen and oxygen atoms in total. The Morgan fingerprint density at radius 3 is 2.49 bits per heavy atom. The number of unbranched alkanes of at least 4 members (excludes halogenated alkanes) is 1. The third kappa shape index (κ3) is 6.70. The maximum Gasteiger partial charge on any atom is 0.246 e. The number of dihydropyridines is 1. The van der Waals surface area contributed by atoms with Gasteiger partial charge in [-0.1, -0.05) is 29.4 Å². The van der Waals surface area contributed by atoms with Crippen LogP contribution in [0.4, 0.5) is 0 Å². The highest BCUT2D eigenvalue weighted by molar-refractivity contribution is 6.02. The summed E-state index contributed by atoms with van der Waals surface area (Å²) in [6.07, 6.45) is 13.8. The molecule has 1 aromatic rings. The normalized spacial score (nSPS) is 29.0. The van der Waals surface area contributed by atoms with Crippen LogP contribution in [0.25, 0.3) is 11.8 Å². The molecule has 4 aliphatic heterocycles. The summed E-state index contributed by atoms with van der Waals surface area (Å²) in [6.45, 7) is 16.2. The van der Waals surface area contributed by atoms with Crippen LogP contribution in [-0.4, -0.2) is 70.7 Å². The van der Waals surface area contributed by atoms with Gasteiger partial charge >= 0.3 is 0 Å². The number of nitrogens with two attached hydrogens (primary N) is 1. The second kappa shape index (κ2) is 15.6. The molecule has 59 heavy (non-hydrogen) atoms. The van der Waals surface area contributed by atoms with E-state index >= 15 is 4.79 Å². The fourth-order valence-electron chi connectivity index (χ4n) is 10.4. The highest BCUT2D eigenvalue weighted by atomic mass is 16.6. The van der Waals surface area contributed by atoms with E-state index in [0.717, 1.165) is 35.1 Å². The number of fused-ring (bicyclic) bond motifs is 3. The number of amides is 1. The first-order valence-corrected chi connectivity index (χ1v) is 21.0. The molecule has 6 unspecified atom stereocenters. The van der Waals surface area contributed by atoms with E-state index in [0.29, 0.717) is 66.4 Å². The van der Waals surface area contributed by atoms with Crippen molar-refractivity contribution in [1.82, 2.24) is 10.6 Å². The fraction of sp³-hybridized carbons (Fsp3) is 0.553. The lowest BCUT2D eigenvalue weighted by molar-refractivity contribution is -0.181. The van der Waals surface area contributed by atoms with E-state index in [1.807, 2.05) is 27.7 Å². The zero-order valence-corrected chi connectivity index (χ0v) is 35.8. The molecule has 316 valence electrons. The van der Waals surface area contributed by atoms with Gasteiger partial charge in [-0.2, -0.15) is 5.26 Å². The van der Waals surface area contributed by atoms with Crippen LogP contribution < -0.4 is 30.6 Å². The fourth-order valence-corrected chi connectivity index (χ4v) is 10.4. The van der Waals surface area contributed by atoms with Crippen molar-refractivity contribution in [1.29, 1.82) is 5.26 Å². The first-order valence-electron chi connectivity index (χ1n) is 21.0. The average Bonchev–Trinajstić information content (AvgIpc) is 3.32. The Hall–Kier alpha value is -4.83. The van der Waals surface area contributed by atoms with Gasteiger partial charge in [0.05, 0.1) is 47.3 Å². The average molecular weight is 809 g/mol. The minimum atomic E-state index is -1.59. The molecule has 0 radical (unpaired) electrons. The number of hydrogen-bond donors (Lipinski definition) is 5. The maximum absolute atomic E-state index is 15.4. The van der Waals surface area contributed by atoms with E-state index in [1.54, 1.807) is 13.0 Å². The molecule has 1 amide bonds. The molecule has 1 aromatic carbocycles. The Kier molecular flexibility index (Phi) is 11.2. The summed E-state index contributed by atoms with van der Waals surface area (Å²) in [5.41, 5.74) is 8.79. The van der Waals surface area contributed by atoms with E-state index < -0.39 is 34.2 Å². The van der Waals surface area contributed by atoms with E-state index in [1.165, 1.54) is 5.57 Å². The number of aliphatic hydroxyl groups is 2. The standard InChI is InChI=1S/C47H60N4O8/c1-26(2)12-11-17-45(8)18-16-30-38(57-45)29(14-13-27(3)4)40-35(39(30)56-23-10-9-21-52)37-36-34(32(25-48)42(49)51-37)31-24-33-44(6,7)59-46(41(31)54,47(33,36)58-40)19-15-28(5)43(55)50-20-22-53/h12-13,15-16,18,31,33-34,51-53H,9-11,14,17,19-24,49H2,1-8H3,(H,50,55)/b28-15-. The lowest BCUT2D eigenvalue weighted by Gasteiger charge is -2.62. The number of nitrogens with one attached hydrogen (secondary N) is 2. The lowest BCUT2D eigenvalue weighted by atomic mass is 9.45. The van der Waals surface area contributed by atoms with Crippen LogP contribution >= 0.6 is 0 Å². The highest BCUT2D eigenvalue weighted by Crippen LogP contribution is 2.73. The number of Topliss-reactive ketones (excluding diaryl/α,β-unsaturated/α-hetero) is 1. The molecule has 1 saturated heterocycles. The molecule has 1 spiro atoms. The Morgan fingerprint density at radius 2 is 1.81 bits per heavy atom. The van der Waals surface area contributed by atoms with Gasteiger partial charge in [0.25, 0.3) is 0 Å². The third-order valence-electron chi connectivity index (χ3n) is 13.1. The molecule has 7 aliphatic rings. The van der Waals surface area contributed by atoms with Gasteiger partial charge in [-0.25, -0.2) is 0 Å². The SMILES string of the molecule is CC(C)=CCCC1(C)C=Cc2c(c(CC=C(C)C)c3c(c2OCCCCO)C2=C4C(C(C#N)=C(N)N2)C2CC5C(C)(C)OC(C/C=C(/C)C(=O)NCCO)(C2=O)C45O3)O1. The molecule has 6 atom stereocenters. The Bertz CT molecular complexity index is 2180. The number of ether oxygens (including phenoxy) is 4. The second-order valence-electron chi connectivity index (χ2n) is 18.1. The molecule has 6 N–H and O–H groups in total. The number of carbonyl (C=O) groups is 2. The van der Waals surface area contributed by atoms with Crippen LogP contribution in [0.1, 0.15) is 111 Å². The minimum Gasteiger partial charge on any atom is -0.492 e. The van der Waals surface area contributed by atoms with Crippen molar-refractivity contribution in [3.63, 3.8) is 0 Å². The third-order valence-corrected chi connectivity index (χ3v) is 13.1. The van der Waals surface area contributed by atoms with Crippen molar-refractivity contribution >= 4 is 23.5 Å². The lowest BCUT2D eigenvalue weighted by Crippen LogP contribution is -2.75.